The molecule has 3 nitrogen and oxygen atoms in total. The lowest BCUT2D eigenvalue weighted by molar-refractivity contribution is -0.274. The van der Waals surface area contributed by atoms with Gasteiger partial charge in [0.2, 0.25) is 0 Å². The van der Waals surface area contributed by atoms with E-state index < -0.39 is 6.36 Å². The fraction of sp³-hybridized carbons (Fsp3) is 0.176. The van der Waals surface area contributed by atoms with Crippen LogP contribution >= 0.6 is 0 Å². The predicted molar refractivity (Wildman–Crippen MR) is 235 cm³/mol. The van der Waals surface area contributed by atoms with Crippen LogP contribution in [0.2, 0.25) is 0 Å². The van der Waals surface area contributed by atoms with Crippen molar-refractivity contribution in [3.8, 4) is 28.0 Å². The molecule has 9 rings (SSSR count). The van der Waals surface area contributed by atoms with E-state index in [1.165, 1.54) is 11.1 Å². The number of halogens is 3. The molecule has 2 heterocycles. The van der Waals surface area contributed by atoms with E-state index in [4.69, 9.17) is 4.74 Å². The van der Waals surface area contributed by atoms with Crippen LogP contribution in [0, 0.1) is 0 Å². The second kappa shape index (κ2) is 13.7. The van der Waals surface area contributed by atoms with Gasteiger partial charge in [0.25, 0.3) is 6.71 Å². The Morgan fingerprint density at radius 1 is 0.431 bits per heavy atom. The van der Waals surface area contributed by atoms with Crippen molar-refractivity contribution in [2.75, 3.05) is 9.80 Å². The summed E-state index contributed by atoms with van der Waals surface area (Å²) in [5, 5.41) is 0. The lowest BCUT2D eigenvalue weighted by Gasteiger charge is -2.45. The van der Waals surface area contributed by atoms with Gasteiger partial charge in [0.1, 0.15) is 5.75 Å². The number of fused-ring (bicyclic) bond motifs is 4. The summed E-state index contributed by atoms with van der Waals surface area (Å²) in [5.41, 5.74) is 13.8. The average molecular weight is 769 g/mol. The molecule has 0 unspecified atom stereocenters. The summed E-state index contributed by atoms with van der Waals surface area (Å²) >= 11 is 0. The van der Waals surface area contributed by atoms with Crippen molar-refractivity contribution in [2.24, 2.45) is 0 Å². The Kier molecular flexibility index (Phi) is 8.84. The Morgan fingerprint density at radius 2 is 0.828 bits per heavy atom. The molecule has 0 saturated heterocycles. The maximum absolute atomic E-state index is 14.5. The summed E-state index contributed by atoms with van der Waals surface area (Å²) in [4.78, 5) is 4.31. The highest BCUT2D eigenvalue weighted by molar-refractivity contribution is 7.00. The van der Waals surface area contributed by atoms with Gasteiger partial charge in [-0.15, -0.1) is 13.2 Å². The molecule has 0 aromatic heterocycles. The lowest BCUT2D eigenvalue weighted by Crippen LogP contribution is -2.61. The zero-order valence-corrected chi connectivity index (χ0v) is 33.5. The molecule has 7 aromatic rings. The van der Waals surface area contributed by atoms with E-state index in [0.29, 0.717) is 11.4 Å². The molecule has 0 aliphatic carbocycles. The number of ether oxygens (including phenoxy) is 1. The largest absolute Gasteiger partial charge is 0.573 e. The van der Waals surface area contributed by atoms with Gasteiger partial charge >= 0.3 is 6.36 Å². The molecule has 0 bridgehead atoms. The number of benzene rings is 7. The molecular formula is C51H44BF3N2O. The predicted octanol–water partition coefficient (Wildman–Crippen LogP) is 12.6. The number of nitrogens with zero attached hydrogens (tertiary/aromatic N) is 2. The first-order chi connectivity index (χ1) is 27.7. The monoisotopic (exact) mass is 768 g/mol. The quantitative estimate of drug-likeness (QED) is 0.162. The number of hydrogen-bond acceptors (Lipinski definition) is 3. The Labute approximate surface area is 339 Å². The molecule has 2 aliphatic rings. The van der Waals surface area contributed by atoms with Crippen molar-refractivity contribution >= 4 is 57.2 Å². The van der Waals surface area contributed by atoms with Crippen molar-refractivity contribution in [1.29, 1.82) is 0 Å². The number of alkyl halides is 3. The molecule has 0 saturated carbocycles. The smallest absolute Gasteiger partial charge is 0.406 e. The lowest BCUT2D eigenvalue weighted by atomic mass is 9.33. The van der Waals surface area contributed by atoms with Crippen LogP contribution in [-0.4, -0.2) is 13.1 Å². The van der Waals surface area contributed by atoms with Crippen LogP contribution in [0.3, 0.4) is 0 Å². The highest BCUT2D eigenvalue weighted by Crippen LogP contribution is 2.50. The first kappa shape index (κ1) is 37.4. The molecular weight excluding hydrogens is 724 g/mol. The Bertz CT molecular complexity index is 2510. The molecule has 7 heteroatoms. The van der Waals surface area contributed by atoms with Crippen LogP contribution in [0.15, 0.2) is 158 Å². The van der Waals surface area contributed by atoms with Gasteiger partial charge < -0.3 is 14.5 Å². The Balaban J connectivity index is 1.44. The number of anilines is 6. The number of hydrogen-bond donors (Lipinski definition) is 0. The molecule has 0 spiro atoms. The van der Waals surface area contributed by atoms with Crippen LogP contribution in [-0.2, 0) is 10.8 Å². The van der Waals surface area contributed by atoms with Crippen molar-refractivity contribution in [3.63, 3.8) is 0 Å². The summed E-state index contributed by atoms with van der Waals surface area (Å²) in [6, 6.07) is 53.0. The van der Waals surface area contributed by atoms with E-state index in [9.17, 15) is 13.2 Å². The van der Waals surface area contributed by atoms with E-state index in [1.54, 1.807) is 12.1 Å². The second-order valence-corrected chi connectivity index (χ2v) is 17.3. The molecule has 7 aromatic carbocycles. The molecule has 0 fully saturated rings. The molecule has 0 N–H and O–H groups in total. The van der Waals surface area contributed by atoms with E-state index >= 15 is 0 Å². The summed E-state index contributed by atoms with van der Waals surface area (Å²) < 4.78 is 48.3. The highest BCUT2D eigenvalue weighted by atomic mass is 19.4. The minimum atomic E-state index is -4.91. The third-order valence-electron chi connectivity index (χ3n) is 11.5. The van der Waals surface area contributed by atoms with Crippen LogP contribution in [0.1, 0.15) is 52.7 Å². The van der Waals surface area contributed by atoms with Crippen molar-refractivity contribution < 1.29 is 17.9 Å². The van der Waals surface area contributed by atoms with E-state index in [2.05, 4.69) is 136 Å². The maximum Gasteiger partial charge on any atom is 0.573 e. The van der Waals surface area contributed by atoms with Gasteiger partial charge in [-0.3, -0.25) is 0 Å². The van der Waals surface area contributed by atoms with Crippen LogP contribution in [0.4, 0.5) is 47.3 Å². The summed E-state index contributed by atoms with van der Waals surface area (Å²) in [5.74, 6) is -0.283. The highest BCUT2D eigenvalue weighted by Gasteiger charge is 2.46. The zero-order valence-electron chi connectivity index (χ0n) is 33.5. The van der Waals surface area contributed by atoms with Crippen LogP contribution in [0.5, 0.6) is 5.75 Å². The summed E-state index contributed by atoms with van der Waals surface area (Å²) in [6.07, 6.45) is -4.91. The minimum absolute atomic E-state index is 0.166. The van der Waals surface area contributed by atoms with Crippen molar-refractivity contribution in [3.05, 3.63) is 169 Å². The van der Waals surface area contributed by atoms with E-state index in [-0.39, 0.29) is 23.3 Å². The van der Waals surface area contributed by atoms with Crippen LogP contribution < -0.4 is 30.9 Å². The molecule has 2 aliphatic heterocycles. The van der Waals surface area contributed by atoms with Gasteiger partial charge in [-0.25, -0.2) is 0 Å². The molecule has 288 valence electrons. The van der Waals surface area contributed by atoms with Crippen LogP contribution in [0.25, 0.3) is 22.3 Å². The average Bonchev–Trinajstić information content (AvgIpc) is 3.20. The van der Waals surface area contributed by atoms with E-state index in [1.807, 2.05) is 60.7 Å². The fourth-order valence-corrected chi connectivity index (χ4v) is 8.69. The zero-order chi connectivity index (χ0) is 40.6. The third kappa shape index (κ3) is 6.53. The first-order valence-electron chi connectivity index (χ1n) is 19.8. The SMILES string of the molecule is CC(C)(C)c1ccc2c(c1)B1c3cc(C(C)(C)C)ccc3N(c3ccccc3-c3ccccc3)c3cc(OC(F)(F)F)cc(c31)N2c1ccccc1-c1ccccc1. The molecule has 0 atom stereocenters. The Morgan fingerprint density at radius 3 is 1.22 bits per heavy atom. The summed E-state index contributed by atoms with van der Waals surface area (Å²) in [6.45, 7) is 13.0. The fourth-order valence-electron chi connectivity index (χ4n) is 8.69. The van der Waals surface area contributed by atoms with Gasteiger partial charge in [0, 0.05) is 46.0 Å². The second-order valence-electron chi connectivity index (χ2n) is 17.3. The maximum atomic E-state index is 14.5. The minimum Gasteiger partial charge on any atom is -0.406 e. The number of rotatable bonds is 5. The van der Waals surface area contributed by atoms with Gasteiger partial charge in [-0.05, 0) is 73.7 Å². The standard InChI is InChI=1S/C51H44BF3N2O/c1-49(2,3)35-25-27-44-40(29-35)52-41-30-36(50(4,5)6)26-28-45(41)57(43-24-16-14-22-39(43)34-19-11-8-12-20-34)47-32-37(58-51(53,54)55)31-46(48(47)52)56(44)42-23-15-13-21-38(42)33-17-9-7-10-18-33/h7-32H,1-6H3. The molecule has 58 heavy (non-hydrogen) atoms. The third-order valence-corrected chi connectivity index (χ3v) is 11.5. The molecule has 0 radical (unpaired) electrons. The van der Waals surface area contributed by atoms with Crippen molar-refractivity contribution in [2.45, 2.75) is 58.7 Å². The van der Waals surface area contributed by atoms with Gasteiger partial charge in [0.15, 0.2) is 0 Å². The normalized spacial score (nSPS) is 13.5. The molecule has 0 amide bonds. The Hall–Kier alpha value is -6.21. The van der Waals surface area contributed by atoms with Gasteiger partial charge in [-0.1, -0.05) is 163 Å². The summed E-state index contributed by atoms with van der Waals surface area (Å²) in [7, 11) is 0. The van der Waals surface area contributed by atoms with Gasteiger partial charge in [0.05, 0.1) is 11.4 Å². The van der Waals surface area contributed by atoms with E-state index in [0.717, 1.165) is 61.4 Å². The topological polar surface area (TPSA) is 15.7 Å². The number of para-hydroxylation sites is 2. The van der Waals surface area contributed by atoms with Gasteiger partial charge in [-0.2, -0.15) is 0 Å². The first-order valence-corrected chi connectivity index (χ1v) is 19.8. The van der Waals surface area contributed by atoms with Crippen molar-refractivity contribution in [1.82, 2.24) is 0 Å².